The Balaban J connectivity index is 2.65. The van der Waals surface area contributed by atoms with Crippen molar-refractivity contribution in [1.29, 1.82) is 0 Å². The van der Waals surface area contributed by atoms with Crippen LogP contribution in [0.3, 0.4) is 0 Å². The number of fused-ring (bicyclic) bond motifs is 1. The van der Waals surface area contributed by atoms with E-state index in [2.05, 4.69) is 4.98 Å². The summed E-state index contributed by atoms with van der Waals surface area (Å²) in [6.07, 6.45) is 1.75. The zero-order chi connectivity index (χ0) is 10.8. The molecule has 2 rings (SSSR count). The molecule has 0 amide bonds. The Morgan fingerprint density at radius 3 is 2.87 bits per heavy atom. The molecule has 0 atom stereocenters. The number of hydrogen-bond acceptors (Lipinski definition) is 3. The lowest BCUT2D eigenvalue weighted by molar-refractivity contribution is 0.657. The van der Waals surface area contributed by atoms with Crippen LogP contribution >= 0.6 is 33.5 Å². The van der Waals surface area contributed by atoms with Crippen LogP contribution in [0.4, 0.5) is 0 Å². The van der Waals surface area contributed by atoms with Gasteiger partial charge in [-0.2, -0.15) is 0 Å². The average Bonchev–Trinajstić information content (AvgIpc) is 2.24. The van der Waals surface area contributed by atoms with Crippen LogP contribution in [0, 0.1) is 6.92 Å². The summed E-state index contributed by atoms with van der Waals surface area (Å²) in [6, 6.07) is 5.62. The van der Waals surface area contributed by atoms with Gasteiger partial charge in [0, 0.05) is 22.3 Å². The fourth-order valence-electron chi connectivity index (χ4n) is 1.42. The lowest BCUT2D eigenvalue weighted by atomic mass is 10.1. The molecule has 0 fully saturated rings. The molecule has 0 bridgehead atoms. The van der Waals surface area contributed by atoms with E-state index in [9.17, 15) is 0 Å². The minimum absolute atomic E-state index is 0.473. The lowest BCUT2D eigenvalue weighted by Crippen LogP contribution is -1.85. The summed E-state index contributed by atoms with van der Waals surface area (Å²) in [5.74, 6) is 0.664. The van der Waals surface area contributed by atoms with E-state index >= 15 is 0 Å². The van der Waals surface area contributed by atoms with Gasteiger partial charge in [-0.15, -0.1) is 0 Å². The van der Waals surface area contributed by atoms with Gasteiger partial charge in [0.25, 0.3) is 0 Å². The quantitative estimate of drug-likeness (QED) is 0.591. The number of hydrogen-bond donors (Lipinski definition) is 0. The SMILES string of the molecule is Cc1cnc(Cl)c2cc(OSCl)ccc12. The van der Waals surface area contributed by atoms with Crippen molar-refractivity contribution in [1.82, 2.24) is 4.98 Å². The van der Waals surface area contributed by atoms with Crippen molar-refractivity contribution in [3.63, 3.8) is 0 Å². The molecule has 2 aromatic rings. The van der Waals surface area contributed by atoms with Gasteiger partial charge in [0.2, 0.25) is 0 Å². The zero-order valence-corrected chi connectivity index (χ0v) is 10.2. The highest BCUT2D eigenvalue weighted by molar-refractivity contribution is 8.17. The van der Waals surface area contributed by atoms with Crippen molar-refractivity contribution in [2.24, 2.45) is 0 Å². The first-order chi connectivity index (χ1) is 7.22. The summed E-state index contributed by atoms with van der Waals surface area (Å²) in [5.41, 5.74) is 1.08. The molecule has 1 aromatic carbocycles. The van der Waals surface area contributed by atoms with Gasteiger partial charge in [-0.25, -0.2) is 4.98 Å². The van der Waals surface area contributed by atoms with Crippen LogP contribution in [0.25, 0.3) is 10.8 Å². The van der Waals surface area contributed by atoms with Gasteiger partial charge < -0.3 is 4.18 Å². The third-order valence-corrected chi connectivity index (χ3v) is 2.88. The number of rotatable bonds is 2. The first-order valence-electron chi connectivity index (χ1n) is 4.22. The van der Waals surface area contributed by atoms with Crippen LogP contribution in [0.15, 0.2) is 24.4 Å². The van der Waals surface area contributed by atoms with E-state index in [4.69, 9.17) is 26.5 Å². The van der Waals surface area contributed by atoms with Crippen molar-refractivity contribution >= 4 is 44.3 Å². The minimum Gasteiger partial charge on any atom is -0.409 e. The molecule has 0 saturated heterocycles. The van der Waals surface area contributed by atoms with Gasteiger partial charge in [0.05, 0.1) is 0 Å². The largest absolute Gasteiger partial charge is 0.409 e. The van der Waals surface area contributed by atoms with Crippen LogP contribution in [-0.2, 0) is 0 Å². The molecule has 0 unspecified atom stereocenters. The molecule has 15 heavy (non-hydrogen) atoms. The van der Waals surface area contributed by atoms with Gasteiger partial charge in [-0.3, -0.25) is 0 Å². The maximum absolute atomic E-state index is 5.99. The summed E-state index contributed by atoms with van der Waals surface area (Å²) < 4.78 is 5.10. The van der Waals surface area contributed by atoms with Crippen molar-refractivity contribution in [3.05, 3.63) is 35.1 Å². The van der Waals surface area contributed by atoms with E-state index in [1.807, 2.05) is 25.1 Å². The molecule has 1 aromatic heterocycles. The summed E-state index contributed by atoms with van der Waals surface area (Å²) >= 11 is 6.78. The molecular formula is C10H7Cl2NOS. The third kappa shape index (κ3) is 2.14. The van der Waals surface area contributed by atoms with E-state index in [-0.39, 0.29) is 0 Å². The van der Waals surface area contributed by atoms with Gasteiger partial charge in [-0.1, -0.05) is 17.7 Å². The molecular weight excluding hydrogens is 253 g/mol. The van der Waals surface area contributed by atoms with Gasteiger partial charge >= 0.3 is 0 Å². The van der Waals surface area contributed by atoms with Crippen LogP contribution in [0.1, 0.15) is 5.56 Å². The lowest BCUT2D eigenvalue weighted by Gasteiger charge is -2.05. The fraction of sp³-hybridized carbons (Fsp3) is 0.100. The highest BCUT2D eigenvalue weighted by Crippen LogP contribution is 2.29. The molecule has 2 nitrogen and oxygen atoms in total. The predicted octanol–water partition coefficient (Wildman–Crippen LogP) is 4.38. The second-order valence-corrected chi connectivity index (χ2v) is 4.11. The Labute approximate surface area is 101 Å². The third-order valence-electron chi connectivity index (χ3n) is 2.14. The Bertz CT molecular complexity index is 504. The molecule has 0 aliphatic carbocycles. The summed E-state index contributed by atoms with van der Waals surface area (Å²) in [4.78, 5) is 4.08. The summed E-state index contributed by atoms with van der Waals surface area (Å²) in [6.45, 7) is 1.99. The van der Waals surface area contributed by atoms with E-state index < -0.39 is 0 Å². The van der Waals surface area contributed by atoms with Gasteiger partial charge in [-0.05, 0) is 30.0 Å². The smallest absolute Gasteiger partial charge is 0.166 e. The Hall–Kier alpha value is -0.640. The van der Waals surface area contributed by atoms with Crippen LogP contribution in [0.2, 0.25) is 5.15 Å². The van der Waals surface area contributed by atoms with Gasteiger partial charge in [0.1, 0.15) is 10.9 Å². The van der Waals surface area contributed by atoms with Crippen molar-refractivity contribution in [3.8, 4) is 5.75 Å². The fourth-order valence-corrected chi connectivity index (χ4v) is 2.02. The standard InChI is InChI=1S/C10H7Cl2NOS/c1-6-5-13-10(11)9-4-7(14-15-12)2-3-8(6)9/h2-5H,1H3. The molecule has 0 aliphatic rings. The van der Waals surface area contributed by atoms with E-state index in [0.29, 0.717) is 10.9 Å². The average molecular weight is 260 g/mol. The number of halogens is 2. The first kappa shape index (κ1) is 10.9. The number of nitrogens with zero attached hydrogens (tertiary/aromatic N) is 1. The summed E-state index contributed by atoms with van der Waals surface area (Å²) in [5, 5.41) is 2.42. The van der Waals surface area contributed by atoms with E-state index in [1.165, 1.54) is 0 Å². The second kappa shape index (κ2) is 4.47. The maximum atomic E-state index is 5.99. The molecule has 0 N–H and O–H groups in total. The minimum atomic E-state index is 0.473. The normalized spacial score (nSPS) is 10.6. The molecule has 5 heteroatoms. The van der Waals surface area contributed by atoms with E-state index in [0.717, 1.165) is 27.6 Å². The van der Waals surface area contributed by atoms with Crippen molar-refractivity contribution in [2.45, 2.75) is 6.92 Å². The van der Waals surface area contributed by atoms with Crippen molar-refractivity contribution in [2.75, 3.05) is 0 Å². The number of aromatic nitrogens is 1. The Morgan fingerprint density at radius 1 is 1.33 bits per heavy atom. The van der Waals surface area contributed by atoms with E-state index in [1.54, 1.807) is 6.20 Å². The summed E-state index contributed by atoms with van der Waals surface area (Å²) in [7, 11) is 5.40. The van der Waals surface area contributed by atoms with Gasteiger partial charge in [0.15, 0.2) is 11.3 Å². The Kier molecular flexibility index (Phi) is 3.24. The number of benzene rings is 1. The number of pyridine rings is 1. The highest BCUT2D eigenvalue weighted by Gasteiger charge is 2.05. The molecule has 78 valence electrons. The van der Waals surface area contributed by atoms with Crippen LogP contribution in [-0.4, -0.2) is 4.98 Å². The monoisotopic (exact) mass is 259 g/mol. The Morgan fingerprint density at radius 2 is 2.13 bits per heavy atom. The topological polar surface area (TPSA) is 22.1 Å². The van der Waals surface area contributed by atoms with Crippen molar-refractivity contribution < 1.29 is 4.18 Å². The predicted molar refractivity (Wildman–Crippen MR) is 65.6 cm³/mol. The highest BCUT2D eigenvalue weighted by atomic mass is 35.7. The van der Waals surface area contributed by atoms with Crippen LogP contribution in [0.5, 0.6) is 5.75 Å². The second-order valence-electron chi connectivity index (χ2n) is 3.09. The number of aryl methyl sites for hydroxylation is 1. The molecule has 0 aliphatic heterocycles. The molecule has 0 spiro atoms. The maximum Gasteiger partial charge on any atom is 0.166 e. The zero-order valence-electron chi connectivity index (χ0n) is 7.83. The molecule has 1 heterocycles. The molecule has 0 saturated carbocycles. The molecule has 0 radical (unpaired) electrons. The first-order valence-corrected chi connectivity index (χ1v) is 6.17. The van der Waals surface area contributed by atoms with Crippen LogP contribution < -0.4 is 4.18 Å².